The third kappa shape index (κ3) is 1.79. The molecular weight excluding hydrogens is 150 g/mol. The van der Waals surface area contributed by atoms with E-state index in [1.807, 2.05) is 0 Å². The van der Waals surface area contributed by atoms with Crippen molar-refractivity contribution in [1.82, 2.24) is 0 Å². The molecule has 1 unspecified atom stereocenters. The normalized spacial score (nSPS) is 29.4. The van der Waals surface area contributed by atoms with Gasteiger partial charge in [-0.1, -0.05) is 27.7 Å². The predicted octanol–water partition coefficient (Wildman–Crippen LogP) is 2.48. The van der Waals surface area contributed by atoms with Crippen LogP contribution in [-0.2, 0) is 4.74 Å². The van der Waals surface area contributed by atoms with Gasteiger partial charge in [-0.05, 0) is 12.8 Å². The number of nitrogens with zero attached hydrogens (tertiary/aromatic N) is 1. The number of hydrogen-bond acceptors (Lipinski definition) is 2. The lowest BCUT2D eigenvalue weighted by Crippen LogP contribution is -2.26. The van der Waals surface area contributed by atoms with E-state index < -0.39 is 0 Å². The molecule has 2 heteroatoms. The van der Waals surface area contributed by atoms with Crippen molar-refractivity contribution in [2.24, 2.45) is 16.8 Å². The minimum absolute atomic E-state index is 0.294. The van der Waals surface area contributed by atoms with Gasteiger partial charge in [-0.3, -0.25) is 0 Å². The monoisotopic (exact) mass is 169 g/mol. The van der Waals surface area contributed by atoms with Crippen molar-refractivity contribution in [3.05, 3.63) is 0 Å². The Balaban J connectivity index is 2.60. The molecule has 2 nitrogen and oxygen atoms in total. The number of rotatable bonds is 2. The molecule has 0 bridgehead atoms. The van der Waals surface area contributed by atoms with Crippen LogP contribution in [0.2, 0.25) is 0 Å². The number of aliphatic imine (C=N–C) groups is 1. The Morgan fingerprint density at radius 2 is 1.83 bits per heavy atom. The molecule has 1 aliphatic rings. The van der Waals surface area contributed by atoms with E-state index in [2.05, 4.69) is 39.6 Å². The van der Waals surface area contributed by atoms with Gasteiger partial charge in [0.1, 0.15) is 6.10 Å². The maximum absolute atomic E-state index is 5.75. The van der Waals surface area contributed by atoms with Crippen LogP contribution in [0, 0.1) is 11.8 Å². The zero-order valence-electron chi connectivity index (χ0n) is 8.66. The fourth-order valence-corrected chi connectivity index (χ4v) is 1.52. The summed E-state index contributed by atoms with van der Waals surface area (Å²) in [5.41, 5.74) is 0. The Morgan fingerprint density at radius 1 is 1.25 bits per heavy atom. The average Bonchev–Trinajstić information content (AvgIpc) is 2.30. The van der Waals surface area contributed by atoms with Gasteiger partial charge in [-0.25, -0.2) is 4.99 Å². The van der Waals surface area contributed by atoms with E-state index in [1.54, 1.807) is 0 Å². The van der Waals surface area contributed by atoms with Gasteiger partial charge in [0, 0.05) is 5.92 Å². The van der Waals surface area contributed by atoms with Gasteiger partial charge in [-0.15, -0.1) is 0 Å². The molecule has 0 amide bonds. The van der Waals surface area contributed by atoms with Crippen molar-refractivity contribution in [2.45, 2.75) is 46.8 Å². The highest BCUT2D eigenvalue weighted by Crippen LogP contribution is 2.22. The van der Waals surface area contributed by atoms with Crippen LogP contribution in [0.3, 0.4) is 0 Å². The van der Waals surface area contributed by atoms with E-state index in [0.717, 1.165) is 5.90 Å². The Bertz CT molecular complexity index is 184. The maximum Gasteiger partial charge on any atom is 0.186 e. The van der Waals surface area contributed by atoms with Gasteiger partial charge >= 0.3 is 0 Å². The molecule has 1 rings (SSSR count). The Labute approximate surface area is 75.0 Å². The van der Waals surface area contributed by atoms with E-state index in [4.69, 9.17) is 4.74 Å². The highest BCUT2D eigenvalue weighted by Gasteiger charge is 2.30. The van der Waals surface area contributed by atoms with Crippen LogP contribution >= 0.6 is 0 Å². The van der Waals surface area contributed by atoms with Crippen molar-refractivity contribution >= 4 is 5.90 Å². The molecular formula is C10H19NO. The van der Waals surface area contributed by atoms with E-state index >= 15 is 0 Å². The fourth-order valence-electron chi connectivity index (χ4n) is 1.52. The first-order valence-electron chi connectivity index (χ1n) is 4.76. The molecule has 1 aliphatic heterocycles. The summed E-state index contributed by atoms with van der Waals surface area (Å²) in [4.78, 5) is 4.49. The molecule has 0 aliphatic carbocycles. The second kappa shape index (κ2) is 3.46. The van der Waals surface area contributed by atoms with E-state index in [0.29, 0.717) is 24.0 Å². The lowest BCUT2D eigenvalue weighted by molar-refractivity contribution is 0.139. The lowest BCUT2D eigenvalue weighted by atomic mass is 10.0. The quantitative estimate of drug-likeness (QED) is 0.622. The molecule has 0 N–H and O–H groups in total. The third-order valence-electron chi connectivity index (χ3n) is 2.21. The van der Waals surface area contributed by atoms with Crippen LogP contribution in [0.25, 0.3) is 0 Å². The van der Waals surface area contributed by atoms with Gasteiger partial charge in [0.15, 0.2) is 5.90 Å². The van der Waals surface area contributed by atoms with Crippen molar-refractivity contribution in [2.75, 3.05) is 0 Å². The van der Waals surface area contributed by atoms with Crippen LogP contribution in [0.4, 0.5) is 0 Å². The minimum Gasteiger partial charge on any atom is -0.475 e. The molecule has 0 aromatic heterocycles. The molecule has 0 fully saturated rings. The Morgan fingerprint density at radius 3 is 2.08 bits per heavy atom. The molecule has 0 radical (unpaired) electrons. The third-order valence-corrected chi connectivity index (χ3v) is 2.21. The summed E-state index contributed by atoms with van der Waals surface area (Å²) in [6.45, 7) is 10.7. The molecule has 70 valence electrons. The summed E-state index contributed by atoms with van der Waals surface area (Å²) in [6.07, 6.45) is 0.294. The topological polar surface area (TPSA) is 21.6 Å². The predicted molar refractivity (Wildman–Crippen MR) is 51.4 cm³/mol. The largest absolute Gasteiger partial charge is 0.475 e. The first kappa shape index (κ1) is 9.56. The van der Waals surface area contributed by atoms with Gasteiger partial charge in [-0.2, -0.15) is 0 Å². The van der Waals surface area contributed by atoms with Gasteiger partial charge in [0.25, 0.3) is 0 Å². The summed E-state index contributed by atoms with van der Waals surface area (Å²) >= 11 is 0. The summed E-state index contributed by atoms with van der Waals surface area (Å²) in [7, 11) is 0. The first-order chi connectivity index (χ1) is 5.52. The van der Waals surface area contributed by atoms with Gasteiger partial charge < -0.3 is 4.74 Å². The minimum atomic E-state index is 0.294. The summed E-state index contributed by atoms with van der Waals surface area (Å²) in [5, 5.41) is 0. The zero-order valence-corrected chi connectivity index (χ0v) is 8.66. The summed E-state index contributed by atoms with van der Waals surface area (Å²) < 4.78 is 5.75. The lowest BCUT2D eigenvalue weighted by Gasteiger charge is -2.18. The van der Waals surface area contributed by atoms with Crippen LogP contribution < -0.4 is 0 Å². The van der Waals surface area contributed by atoms with Gasteiger partial charge in [0.2, 0.25) is 0 Å². The molecule has 12 heavy (non-hydrogen) atoms. The Kier molecular flexibility index (Phi) is 2.76. The average molecular weight is 169 g/mol. The smallest absolute Gasteiger partial charge is 0.186 e. The van der Waals surface area contributed by atoms with E-state index in [9.17, 15) is 0 Å². The highest BCUT2D eigenvalue weighted by atomic mass is 16.5. The maximum atomic E-state index is 5.75. The SMILES string of the molecule is CC(C)C1=NC(C)[C@H](C(C)C)O1. The molecule has 2 atom stereocenters. The first-order valence-corrected chi connectivity index (χ1v) is 4.76. The van der Waals surface area contributed by atoms with Crippen LogP contribution in [0.5, 0.6) is 0 Å². The zero-order chi connectivity index (χ0) is 9.30. The van der Waals surface area contributed by atoms with Crippen molar-refractivity contribution in [3.63, 3.8) is 0 Å². The molecule has 0 saturated heterocycles. The van der Waals surface area contributed by atoms with Crippen molar-refractivity contribution in [1.29, 1.82) is 0 Å². The molecule has 0 aromatic rings. The van der Waals surface area contributed by atoms with E-state index in [-0.39, 0.29) is 0 Å². The second-order valence-corrected chi connectivity index (χ2v) is 4.19. The number of ether oxygens (including phenoxy) is 1. The molecule has 0 aromatic carbocycles. The summed E-state index contributed by atoms with van der Waals surface area (Å²) in [5.74, 6) is 1.91. The van der Waals surface area contributed by atoms with Crippen LogP contribution in [0.1, 0.15) is 34.6 Å². The van der Waals surface area contributed by atoms with E-state index in [1.165, 1.54) is 0 Å². The second-order valence-electron chi connectivity index (χ2n) is 4.19. The fraction of sp³-hybridized carbons (Fsp3) is 0.900. The standard InChI is InChI=1S/C10H19NO/c1-6(2)9-8(5)11-10(12-9)7(3)4/h6-9H,1-5H3/t8?,9-/m0/s1. The molecule has 0 spiro atoms. The molecule has 1 heterocycles. The van der Waals surface area contributed by atoms with Crippen LogP contribution in [-0.4, -0.2) is 18.0 Å². The van der Waals surface area contributed by atoms with Crippen LogP contribution in [0.15, 0.2) is 4.99 Å². The Hall–Kier alpha value is -0.530. The summed E-state index contributed by atoms with van der Waals surface area (Å²) in [6, 6.07) is 0.336. The van der Waals surface area contributed by atoms with Crippen molar-refractivity contribution in [3.8, 4) is 0 Å². The van der Waals surface area contributed by atoms with Crippen molar-refractivity contribution < 1.29 is 4.74 Å². The number of hydrogen-bond donors (Lipinski definition) is 0. The van der Waals surface area contributed by atoms with Gasteiger partial charge in [0.05, 0.1) is 6.04 Å². The molecule has 0 saturated carbocycles. The highest BCUT2D eigenvalue weighted by molar-refractivity contribution is 5.79.